The number of aryl methyl sites for hydroxylation is 1. The Morgan fingerprint density at radius 1 is 1.27 bits per heavy atom. The molecule has 5 nitrogen and oxygen atoms in total. The lowest BCUT2D eigenvalue weighted by atomic mass is 10.0. The molecule has 3 aromatic rings. The first-order valence-electron chi connectivity index (χ1n) is 8.37. The number of benzene rings is 2. The summed E-state index contributed by atoms with van der Waals surface area (Å²) in [6.07, 6.45) is 0.711. The molecule has 26 heavy (non-hydrogen) atoms. The Labute approximate surface area is 159 Å². The SMILES string of the molecule is COc1ccc2oc(C(=O)NC3CCOc4ccc(Br)cc43)c(C)c2c1. The lowest BCUT2D eigenvalue weighted by molar-refractivity contribution is 0.0898. The van der Waals surface area contributed by atoms with E-state index in [-0.39, 0.29) is 11.9 Å². The van der Waals surface area contributed by atoms with Crippen LogP contribution in [-0.4, -0.2) is 19.6 Å². The summed E-state index contributed by atoms with van der Waals surface area (Å²) in [5.41, 5.74) is 2.44. The Bertz CT molecular complexity index is 995. The fourth-order valence-corrected chi connectivity index (χ4v) is 3.66. The second-order valence-electron chi connectivity index (χ2n) is 6.26. The van der Waals surface area contributed by atoms with Crippen LogP contribution in [0.25, 0.3) is 11.0 Å². The fraction of sp³-hybridized carbons (Fsp3) is 0.250. The average molecular weight is 416 g/mol. The van der Waals surface area contributed by atoms with Gasteiger partial charge in [0.1, 0.15) is 17.1 Å². The number of carbonyl (C=O) groups is 1. The van der Waals surface area contributed by atoms with Crippen LogP contribution in [0.5, 0.6) is 11.5 Å². The largest absolute Gasteiger partial charge is 0.497 e. The highest BCUT2D eigenvalue weighted by atomic mass is 79.9. The lowest BCUT2D eigenvalue weighted by Gasteiger charge is -2.26. The highest BCUT2D eigenvalue weighted by Crippen LogP contribution is 2.35. The monoisotopic (exact) mass is 415 g/mol. The van der Waals surface area contributed by atoms with E-state index >= 15 is 0 Å². The van der Waals surface area contributed by atoms with Crippen molar-refractivity contribution >= 4 is 32.8 Å². The summed E-state index contributed by atoms with van der Waals surface area (Å²) >= 11 is 3.48. The zero-order chi connectivity index (χ0) is 18.3. The summed E-state index contributed by atoms with van der Waals surface area (Å²) in [6, 6.07) is 11.2. The second kappa shape index (κ2) is 6.68. The van der Waals surface area contributed by atoms with Gasteiger partial charge >= 0.3 is 0 Å². The highest BCUT2D eigenvalue weighted by Gasteiger charge is 2.26. The molecule has 0 aliphatic carbocycles. The first-order chi connectivity index (χ1) is 12.6. The molecule has 4 rings (SSSR count). The van der Waals surface area contributed by atoms with Gasteiger partial charge in [-0.2, -0.15) is 0 Å². The molecule has 2 heterocycles. The maximum absolute atomic E-state index is 12.9. The van der Waals surface area contributed by atoms with Crippen molar-refractivity contribution in [3.63, 3.8) is 0 Å². The molecule has 0 spiro atoms. The van der Waals surface area contributed by atoms with Crippen LogP contribution < -0.4 is 14.8 Å². The van der Waals surface area contributed by atoms with E-state index < -0.39 is 0 Å². The van der Waals surface area contributed by atoms with E-state index in [2.05, 4.69) is 21.2 Å². The minimum Gasteiger partial charge on any atom is -0.497 e. The van der Waals surface area contributed by atoms with Gasteiger partial charge in [-0.1, -0.05) is 15.9 Å². The molecular weight excluding hydrogens is 398 g/mol. The van der Waals surface area contributed by atoms with Crippen molar-refractivity contribution in [1.82, 2.24) is 5.32 Å². The van der Waals surface area contributed by atoms with Gasteiger partial charge in [-0.15, -0.1) is 0 Å². The van der Waals surface area contributed by atoms with Gasteiger partial charge in [0.05, 0.1) is 19.8 Å². The summed E-state index contributed by atoms with van der Waals surface area (Å²) in [7, 11) is 1.62. The van der Waals surface area contributed by atoms with Gasteiger partial charge in [-0.3, -0.25) is 4.79 Å². The summed E-state index contributed by atoms with van der Waals surface area (Å²) in [5, 5.41) is 3.96. The zero-order valence-electron chi connectivity index (χ0n) is 14.5. The van der Waals surface area contributed by atoms with Crippen LogP contribution >= 0.6 is 15.9 Å². The van der Waals surface area contributed by atoms with Gasteiger partial charge in [0.25, 0.3) is 5.91 Å². The number of fused-ring (bicyclic) bond motifs is 2. The molecule has 1 unspecified atom stereocenters. The van der Waals surface area contributed by atoms with E-state index in [1.807, 2.05) is 43.3 Å². The Kier molecular flexibility index (Phi) is 4.36. The summed E-state index contributed by atoms with van der Waals surface area (Å²) in [5.74, 6) is 1.64. The first-order valence-corrected chi connectivity index (χ1v) is 9.16. The van der Waals surface area contributed by atoms with Crippen molar-refractivity contribution in [1.29, 1.82) is 0 Å². The number of methoxy groups -OCH3 is 1. The summed E-state index contributed by atoms with van der Waals surface area (Å²) in [4.78, 5) is 12.9. The number of amides is 1. The van der Waals surface area contributed by atoms with E-state index in [1.165, 1.54) is 0 Å². The Hall–Kier alpha value is -2.47. The normalized spacial score (nSPS) is 16.0. The van der Waals surface area contributed by atoms with Crippen molar-refractivity contribution in [2.24, 2.45) is 0 Å². The lowest BCUT2D eigenvalue weighted by Crippen LogP contribution is -2.32. The standard InChI is InChI=1S/C20H18BrNO4/c1-11-14-10-13(24-2)4-6-18(14)26-19(11)20(23)22-16-7-8-25-17-5-3-12(21)9-15(16)17/h3-6,9-10,16H,7-8H2,1-2H3,(H,22,23). The molecular formula is C20H18BrNO4. The molecule has 6 heteroatoms. The van der Waals surface area contributed by atoms with E-state index in [0.29, 0.717) is 24.4 Å². The van der Waals surface area contributed by atoms with Gasteiger partial charge < -0.3 is 19.2 Å². The predicted molar refractivity (Wildman–Crippen MR) is 102 cm³/mol. The predicted octanol–water partition coefficient (Wildman–Crippen LogP) is 4.77. The smallest absolute Gasteiger partial charge is 0.287 e. The number of ether oxygens (including phenoxy) is 2. The van der Waals surface area contributed by atoms with Crippen molar-refractivity contribution in [2.45, 2.75) is 19.4 Å². The zero-order valence-corrected chi connectivity index (χ0v) is 16.1. The maximum Gasteiger partial charge on any atom is 0.287 e. The molecule has 2 aromatic carbocycles. The van der Waals surface area contributed by atoms with Gasteiger partial charge in [0.15, 0.2) is 5.76 Å². The molecule has 1 amide bonds. The third-order valence-corrected chi connectivity index (χ3v) is 5.16. The second-order valence-corrected chi connectivity index (χ2v) is 7.18. The van der Waals surface area contributed by atoms with Crippen LogP contribution in [0.1, 0.15) is 34.1 Å². The molecule has 0 radical (unpaired) electrons. The third-order valence-electron chi connectivity index (χ3n) is 4.67. The van der Waals surface area contributed by atoms with Crippen LogP contribution in [0.4, 0.5) is 0 Å². The van der Waals surface area contributed by atoms with Crippen molar-refractivity contribution < 1.29 is 18.7 Å². The molecule has 0 saturated carbocycles. The highest BCUT2D eigenvalue weighted by molar-refractivity contribution is 9.10. The van der Waals surface area contributed by atoms with Crippen LogP contribution in [0.3, 0.4) is 0 Å². The van der Waals surface area contributed by atoms with E-state index in [4.69, 9.17) is 13.9 Å². The van der Waals surface area contributed by atoms with Crippen molar-refractivity contribution in [3.8, 4) is 11.5 Å². The van der Waals surface area contributed by atoms with Crippen molar-refractivity contribution in [3.05, 3.63) is 57.8 Å². The van der Waals surface area contributed by atoms with Crippen LogP contribution in [0.15, 0.2) is 45.3 Å². The topological polar surface area (TPSA) is 60.7 Å². The number of furan rings is 1. The molecule has 1 aliphatic rings. The van der Waals surface area contributed by atoms with Crippen molar-refractivity contribution in [2.75, 3.05) is 13.7 Å². The summed E-state index contributed by atoms with van der Waals surface area (Å²) in [6.45, 7) is 2.45. The van der Waals surface area contributed by atoms with Gasteiger partial charge in [0.2, 0.25) is 0 Å². The molecule has 134 valence electrons. The number of carbonyl (C=O) groups excluding carboxylic acids is 1. The van der Waals surface area contributed by atoms with Crippen LogP contribution in [-0.2, 0) is 0 Å². The number of nitrogens with one attached hydrogen (secondary N) is 1. The van der Waals surface area contributed by atoms with E-state index in [0.717, 1.165) is 32.5 Å². The molecule has 1 N–H and O–H groups in total. The number of hydrogen-bond donors (Lipinski definition) is 1. The van der Waals surface area contributed by atoms with Gasteiger partial charge in [-0.05, 0) is 43.3 Å². The summed E-state index contributed by atoms with van der Waals surface area (Å²) < 4.78 is 17.7. The molecule has 1 atom stereocenters. The van der Waals surface area contributed by atoms with Gasteiger partial charge in [0, 0.05) is 27.4 Å². The number of hydrogen-bond acceptors (Lipinski definition) is 4. The molecule has 0 saturated heterocycles. The van der Waals surface area contributed by atoms with E-state index in [1.54, 1.807) is 7.11 Å². The molecule has 0 bridgehead atoms. The van der Waals surface area contributed by atoms with Gasteiger partial charge in [-0.25, -0.2) is 0 Å². The van der Waals surface area contributed by atoms with Crippen LogP contribution in [0, 0.1) is 6.92 Å². The first kappa shape index (κ1) is 17.0. The van der Waals surface area contributed by atoms with E-state index in [9.17, 15) is 4.79 Å². The maximum atomic E-state index is 12.9. The molecule has 1 aliphatic heterocycles. The Balaban J connectivity index is 1.65. The number of rotatable bonds is 3. The molecule has 0 fully saturated rings. The molecule has 1 aromatic heterocycles. The minimum atomic E-state index is -0.226. The third kappa shape index (κ3) is 2.94. The van der Waals surface area contributed by atoms with Crippen LogP contribution in [0.2, 0.25) is 0 Å². The minimum absolute atomic E-state index is 0.120. The number of halogens is 1. The quantitative estimate of drug-likeness (QED) is 0.669. The Morgan fingerprint density at radius 3 is 2.92 bits per heavy atom. The fourth-order valence-electron chi connectivity index (χ4n) is 3.28. The average Bonchev–Trinajstić information content (AvgIpc) is 2.98. The Morgan fingerprint density at radius 2 is 2.12 bits per heavy atom.